The zero-order valence-corrected chi connectivity index (χ0v) is 9.63. The Morgan fingerprint density at radius 3 is 2.79 bits per heavy atom. The van der Waals surface area contributed by atoms with E-state index in [-0.39, 0.29) is 0 Å². The predicted molar refractivity (Wildman–Crippen MR) is 61.4 cm³/mol. The summed E-state index contributed by atoms with van der Waals surface area (Å²) in [6, 6.07) is 1.42. The molecule has 0 aromatic rings. The van der Waals surface area contributed by atoms with Gasteiger partial charge < -0.3 is 11.1 Å². The van der Waals surface area contributed by atoms with Gasteiger partial charge in [-0.15, -0.1) is 0 Å². The van der Waals surface area contributed by atoms with Gasteiger partial charge in [0.05, 0.1) is 0 Å². The Bertz CT molecular complexity index is 147. The number of hydrogen-bond acceptors (Lipinski definition) is 3. The van der Waals surface area contributed by atoms with Crippen molar-refractivity contribution in [1.82, 2.24) is 10.2 Å². The van der Waals surface area contributed by atoms with Crippen LogP contribution in [0.15, 0.2) is 0 Å². The molecule has 0 saturated carbocycles. The van der Waals surface area contributed by atoms with Gasteiger partial charge in [0.15, 0.2) is 0 Å². The standard InChI is InChI=1S/C11H25N3/c1-10(2)14-8-5-11(9-14)13-7-4-3-6-12/h10-11,13H,3-9,12H2,1-2H3. The van der Waals surface area contributed by atoms with Crippen molar-refractivity contribution < 1.29 is 0 Å². The fraction of sp³-hybridized carbons (Fsp3) is 1.00. The van der Waals surface area contributed by atoms with E-state index in [9.17, 15) is 0 Å². The Balaban J connectivity index is 2.04. The molecule has 1 heterocycles. The van der Waals surface area contributed by atoms with E-state index in [4.69, 9.17) is 5.73 Å². The number of nitrogens with one attached hydrogen (secondary N) is 1. The minimum atomic E-state index is 0.700. The Labute approximate surface area is 88.0 Å². The monoisotopic (exact) mass is 199 g/mol. The van der Waals surface area contributed by atoms with Crippen molar-refractivity contribution in [3.8, 4) is 0 Å². The second-order valence-corrected chi connectivity index (χ2v) is 4.52. The van der Waals surface area contributed by atoms with Crippen LogP contribution in [0.5, 0.6) is 0 Å². The number of likely N-dealkylation sites (tertiary alicyclic amines) is 1. The quantitative estimate of drug-likeness (QED) is 0.622. The maximum Gasteiger partial charge on any atom is 0.0207 e. The van der Waals surface area contributed by atoms with Gasteiger partial charge in [0.25, 0.3) is 0 Å². The van der Waals surface area contributed by atoms with Crippen molar-refractivity contribution in [3.05, 3.63) is 0 Å². The first-order chi connectivity index (χ1) is 6.74. The van der Waals surface area contributed by atoms with Crippen LogP contribution in [0.4, 0.5) is 0 Å². The molecule has 0 aliphatic carbocycles. The van der Waals surface area contributed by atoms with E-state index in [1.165, 1.54) is 25.9 Å². The van der Waals surface area contributed by atoms with E-state index in [0.717, 1.165) is 25.6 Å². The minimum absolute atomic E-state index is 0.700. The van der Waals surface area contributed by atoms with Crippen molar-refractivity contribution in [2.45, 2.75) is 45.2 Å². The van der Waals surface area contributed by atoms with Crippen molar-refractivity contribution >= 4 is 0 Å². The summed E-state index contributed by atoms with van der Waals surface area (Å²) < 4.78 is 0. The van der Waals surface area contributed by atoms with Gasteiger partial charge in [-0.1, -0.05) is 0 Å². The van der Waals surface area contributed by atoms with Crippen LogP contribution in [-0.4, -0.2) is 43.2 Å². The molecule has 1 unspecified atom stereocenters. The molecule has 1 aliphatic heterocycles. The van der Waals surface area contributed by atoms with Crippen LogP contribution < -0.4 is 11.1 Å². The van der Waals surface area contributed by atoms with Crippen molar-refractivity contribution in [3.63, 3.8) is 0 Å². The lowest BCUT2D eigenvalue weighted by Crippen LogP contribution is -2.35. The number of rotatable bonds is 6. The molecule has 84 valence electrons. The lowest BCUT2D eigenvalue weighted by Gasteiger charge is -2.20. The summed E-state index contributed by atoms with van der Waals surface area (Å²) in [5.74, 6) is 0. The summed E-state index contributed by atoms with van der Waals surface area (Å²) in [7, 11) is 0. The lowest BCUT2D eigenvalue weighted by atomic mass is 10.2. The van der Waals surface area contributed by atoms with E-state index in [2.05, 4.69) is 24.1 Å². The summed E-state index contributed by atoms with van der Waals surface area (Å²) in [5.41, 5.74) is 5.45. The summed E-state index contributed by atoms with van der Waals surface area (Å²) in [6.45, 7) is 8.98. The van der Waals surface area contributed by atoms with Gasteiger partial charge in [-0.2, -0.15) is 0 Å². The number of unbranched alkanes of at least 4 members (excludes halogenated alkanes) is 1. The van der Waals surface area contributed by atoms with Crippen LogP contribution in [0.3, 0.4) is 0 Å². The Kier molecular flexibility index (Phi) is 5.45. The smallest absolute Gasteiger partial charge is 0.0207 e. The Hall–Kier alpha value is -0.120. The van der Waals surface area contributed by atoms with Crippen LogP contribution >= 0.6 is 0 Å². The van der Waals surface area contributed by atoms with E-state index >= 15 is 0 Å². The van der Waals surface area contributed by atoms with Crippen LogP contribution in [0.1, 0.15) is 33.1 Å². The highest BCUT2D eigenvalue weighted by Crippen LogP contribution is 2.11. The van der Waals surface area contributed by atoms with E-state index in [0.29, 0.717) is 6.04 Å². The summed E-state index contributed by atoms with van der Waals surface area (Å²) in [4.78, 5) is 2.54. The molecule has 0 amide bonds. The maximum atomic E-state index is 5.45. The molecule has 0 spiro atoms. The van der Waals surface area contributed by atoms with Gasteiger partial charge in [-0.3, -0.25) is 4.90 Å². The van der Waals surface area contributed by atoms with Gasteiger partial charge in [0.2, 0.25) is 0 Å². The molecule has 3 heteroatoms. The predicted octanol–water partition coefficient (Wildman–Crippen LogP) is 0.798. The normalized spacial score (nSPS) is 23.6. The zero-order chi connectivity index (χ0) is 10.4. The molecule has 0 aromatic heterocycles. The average molecular weight is 199 g/mol. The third-order valence-electron chi connectivity index (χ3n) is 3.01. The van der Waals surface area contributed by atoms with Gasteiger partial charge in [-0.25, -0.2) is 0 Å². The van der Waals surface area contributed by atoms with Crippen molar-refractivity contribution in [2.75, 3.05) is 26.2 Å². The summed E-state index contributed by atoms with van der Waals surface area (Å²) in [6.07, 6.45) is 3.67. The Morgan fingerprint density at radius 1 is 1.43 bits per heavy atom. The molecule has 1 saturated heterocycles. The third-order valence-corrected chi connectivity index (χ3v) is 3.01. The fourth-order valence-electron chi connectivity index (χ4n) is 2.00. The molecule has 1 fully saturated rings. The summed E-state index contributed by atoms with van der Waals surface area (Å²) >= 11 is 0. The first-order valence-corrected chi connectivity index (χ1v) is 5.91. The molecule has 0 radical (unpaired) electrons. The highest BCUT2D eigenvalue weighted by Gasteiger charge is 2.22. The molecular weight excluding hydrogens is 174 g/mol. The van der Waals surface area contributed by atoms with Crippen LogP contribution in [0.25, 0.3) is 0 Å². The molecule has 0 aromatic carbocycles. The highest BCUT2D eigenvalue weighted by molar-refractivity contribution is 4.82. The molecule has 1 rings (SSSR count). The van der Waals surface area contributed by atoms with Crippen LogP contribution in [0.2, 0.25) is 0 Å². The number of hydrogen-bond donors (Lipinski definition) is 2. The largest absolute Gasteiger partial charge is 0.330 e. The Morgan fingerprint density at radius 2 is 2.21 bits per heavy atom. The van der Waals surface area contributed by atoms with Crippen molar-refractivity contribution in [2.24, 2.45) is 5.73 Å². The fourth-order valence-corrected chi connectivity index (χ4v) is 2.00. The molecule has 3 N–H and O–H groups in total. The van der Waals surface area contributed by atoms with Gasteiger partial charge in [-0.05, 0) is 52.7 Å². The topological polar surface area (TPSA) is 41.3 Å². The zero-order valence-electron chi connectivity index (χ0n) is 9.63. The van der Waals surface area contributed by atoms with Crippen LogP contribution in [-0.2, 0) is 0 Å². The van der Waals surface area contributed by atoms with Gasteiger partial charge in [0.1, 0.15) is 0 Å². The molecule has 1 atom stereocenters. The van der Waals surface area contributed by atoms with Gasteiger partial charge >= 0.3 is 0 Å². The summed E-state index contributed by atoms with van der Waals surface area (Å²) in [5, 5.41) is 3.60. The van der Waals surface area contributed by atoms with Crippen molar-refractivity contribution in [1.29, 1.82) is 0 Å². The third kappa shape index (κ3) is 3.95. The molecule has 0 bridgehead atoms. The number of nitrogens with two attached hydrogens (primary N) is 1. The minimum Gasteiger partial charge on any atom is -0.330 e. The number of nitrogens with zero attached hydrogens (tertiary/aromatic N) is 1. The average Bonchev–Trinajstić information content (AvgIpc) is 2.61. The van der Waals surface area contributed by atoms with Gasteiger partial charge in [0, 0.05) is 18.6 Å². The first kappa shape index (κ1) is 12.0. The maximum absolute atomic E-state index is 5.45. The van der Waals surface area contributed by atoms with Crippen LogP contribution in [0, 0.1) is 0 Å². The van der Waals surface area contributed by atoms with E-state index in [1.54, 1.807) is 0 Å². The second kappa shape index (κ2) is 6.38. The molecular formula is C11H25N3. The molecule has 3 nitrogen and oxygen atoms in total. The highest BCUT2D eigenvalue weighted by atomic mass is 15.2. The molecule has 14 heavy (non-hydrogen) atoms. The second-order valence-electron chi connectivity index (χ2n) is 4.52. The molecule has 1 aliphatic rings. The first-order valence-electron chi connectivity index (χ1n) is 5.91. The lowest BCUT2D eigenvalue weighted by molar-refractivity contribution is 0.268. The van der Waals surface area contributed by atoms with E-state index in [1.807, 2.05) is 0 Å². The van der Waals surface area contributed by atoms with E-state index < -0.39 is 0 Å². The SMILES string of the molecule is CC(C)N1CCC(NCCCCN)C1.